The first kappa shape index (κ1) is 20.8. The van der Waals surface area contributed by atoms with E-state index in [2.05, 4.69) is 6.92 Å². The van der Waals surface area contributed by atoms with Gasteiger partial charge in [-0.05, 0) is 52.9 Å². The van der Waals surface area contributed by atoms with Gasteiger partial charge in [-0.1, -0.05) is 61.9 Å². The molecule has 1 fully saturated rings. The molecule has 1 aliphatic heterocycles. The van der Waals surface area contributed by atoms with Gasteiger partial charge in [0.1, 0.15) is 12.0 Å². The fourth-order valence-corrected chi connectivity index (χ4v) is 6.31. The lowest BCUT2D eigenvalue weighted by molar-refractivity contribution is -0.128. The van der Waals surface area contributed by atoms with Gasteiger partial charge in [-0.3, -0.25) is 9.59 Å². The molecule has 0 aromatic heterocycles. The highest BCUT2D eigenvalue weighted by atomic mass is 16.5. The number of carbonyl (C=O) groups is 3. The van der Waals surface area contributed by atoms with Gasteiger partial charge >= 0.3 is 0 Å². The average Bonchev–Trinajstić information content (AvgIpc) is 3.15. The van der Waals surface area contributed by atoms with Gasteiger partial charge in [-0.2, -0.15) is 0 Å². The van der Waals surface area contributed by atoms with E-state index in [1.165, 1.54) is 4.90 Å². The molecule has 5 nitrogen and oxygen atoms in total. The van der Waals surface area contributed by atoms with Crippen LogP contribution in [0.25, 0.3) is 0 Å². The monoisotopic (exact) mass is 451 g/mol. The molecule has 170 valence electrons. The molecule has 1 unspecified atom stereocenters. The Morgan fingerprint density at radius 1 is 0.882 bits per heavy atom. The van der Waals surface area contributed by atoms with Crippen LogP contribution in [0.15, 0.2) is 72.8 Å². The number of aldehydes is 1. The van der Waals surface area contributed by atoms with Crippen molar-refractivity contribution in [3.8, 4) is 5.75 Å². The first-order valence-corrected chi connectivity index (χ1v) is 11.9. The molecule has 4 aliphatic rings. The van der Waals surface area contributed by atoms with E-state index in [9.17, 15) is 14.4 Å². The quantitative estimate of drug-likeness (QED) is 0.312. The van der Waals surface area contributed by atoms with Crippen molar-refractivity contribution < 1.29 is 19.1 Å². The van der Waals surface area contributed by atoms with Gasteiger partial charge in [-0.25, -0.2) is 4.90 Å². The van der Waals surface area contributed by atoms with Crippen LogP contribution in [0.1, 0.15) is 47.9 Å². The van der Waals surface area contributed by atoms with Crippen molar-refractivity contribution in [1.82, 2.24) is 0 Å². The van der Waals surface area contributed by atoms with Crippen LogP contribution in [0.3, 0.4) is 0 Å². The van der Waals surface area contributed by atoms with Crippen molar-refractivity contribution in [1.29, 1.82) is 0 Å². The third-order valence-corrected chi connectivity index (χ3v) is 7.73. The topological polar surface area (TPSA) is 63.7 Å². The van der Waals surface area contributed by atoms with Crippen LogP contribution in [-0.4, -0.2) is 24.7 Å². The lowest BCUT2D eigenvalue weighted by Gasteiger charge is -2.51. The molecule has 34 heavy (non-hydrogen) atoms. The van der Waals surface area contributed by atoms with E-state index in [1.807, 2.05) is 48.5 Å². The maximum Gasteiger partial charge on any atom is 0.239 e. The SMILES string of the molecule is CCCCOc1ccc(N2C(=O)C3[C@H](C2=O)C2c4ccccc4C3(C=O)c3ccccc32)cc1. The lowest BCUT2D eigenvalue weighted by atomic mass is 9.48. The van der Waals surface area contributed by atoms with E-state index < -0.39 is 17.3 Å². The molecule has 3 aromatic carbocycles. The summed E-state index contributed by atoms with van der Waals surface area (Å²) in [5.74, 6) is -1.46. The number of benzene rings is 3. The molecule has 3 aromatic rings. The average molecular weight is 452 g/mol. The van der Waals surface area contributed by atoms with Gasteiger partial charge in [0.05, 0.1) is 29.5 Å². The second kappa shape index (κ2) is 7.66. The molecule has 0 N–H and O–H groups in total. The van der Waals surface area contributed by atoms with Gasteiger partial charge < -0.3 is 9.53 Å². The van der Waals surface area contributed by atoms with Crippen LogP contribution in [0.2, 0.25) is 0 Å². The number of carbonyl (C=O) groups excluding carboxylic acids is 3. The molecule has 0 spiro atoms. The summed E-state index contributed by atoms with van der Waals surface area (Å²) in [4.78, 5) is 42.1. The number of nitrogens with zero attached hydrogens (tertiary/aromatic N) is 1. The first-order chi connectivity index (χ1) is 16.6. The molecule has 0 radical (unpaired) electrons. The van der Waals surface area contributed by atoms with Gasteiger partial charge in [0.25, 0.3) is 0 Å². The number of hydrogen-bond acceptors (Lipinski definition) is 4. The minimum atomic E-state index is -1.17. The van der Waals surface area contributed by atoms with E-state index in [1.54, 1.807) is 24.3 Å². The molecule has 1 saturated heterocycles. The van der Waals surface area contributed by atoms with Crippen molar-refractivity contribution in [3.05, 3.63) is 95.1 Å². The summed E-state index contributed by atoms with van der Waals surface area (Å²) in [5.41, 5.74) is 2.97. The van der Waals surface area contributed by atoms with Crippen molar-refractivity contribution in [2.75, 3.05) is 11.5 Å². The summed E-state index contributed by atoms with van der Waals surface area (Å²) in [6, 6.07) is 22.6. The second-order valence-corrected chi connectivity index (χ2v) is 9.35. The van der Waals surface area contributed by atoms with Crippen molar-refractivity contribution in [2.24, 2.45) is 11.8 Å². The zero-order valence-corrected chi connectivity index (χ0v) is 18.9. The summed E-state index contributed by atoms with van der Waals surface area (Å²) < 4.78 is 5.74. The number of anilines is 1. The third-order valence-electron chi connectivity index (χ3n) is 7.73. The highest BCUT2D eigenvalue weighted by Crippen LogP contribution is 2.63. The number of rotatable bonds is 6. The molecule has 5 heteroatoms. The Labute approximate surface area is 198 Å². The van der Waals surface area contributed by atoms with Crippen LogP contribution in [0.4, 0.5) is 5.69 Å². The highest BCUT2D eigenvalue weighted by molar-refractivity contribution is 6.24. The Morgan fingerprint density at radius 3 is 2.09 bits per heavy atom. The fourth-order valence-electron chi connectivity index (χ4n) is 6.31. The van der Waals surface area contributed by atoms with Gasteiger partial charge in [0.15, 0.2) is 0 Å². The fraction of sp³-hybridized carbons (Fsp3) is 0.276. The Balaban J connectivity index is 1.46. The Hall–Kier alpha value is -3.73. The maximum absolute atomic E-state index is 13.9. The van der Waals surface area contributed by atoms with E-state index in [0.717, 1.165) is 41.4 Å². The molecule has 2 amide bonds. The molecular weight excluding hydrogens is 426 g/mol. The van der Waals surface area contributed by atoms with Crippen LogP contribution in [0, 0.1) is 11.8 Å². The molecule has 0 saturated carbocycles. The zero-order chi connectivity index (χ0) is 23.4. The van der Waals surface area contributed by atoms with E-state index >= 15 is 0 Å². The normalized spacial score (nSPS) is 26.1. The van der Waals surface area contributed by atoms with Gasteiger partial charge in [0, 0.05) is 5.92 Å². The second-order valence-electron chi connectivity index (χ2n) is 9.35. The number of ether oxygens (including phenoxy) is 1. The predicted molar refractivity (Wildman–Crippen MR) is 128 cm³/mol. The Bertz CT molecular complexity index is 1260. The first-order valence-electron chi connectivity index (χ1n) is 11.9. The molecular formula is C29H25NO4. The van der Waals surface area contributed by atoms with Crippen LogP contribution in [0.5, 0.6) is 5.75 Å². The van der Waals surface area contributed by atoms with Crippen molar-refractivity contribution in [2.45, 2.75) is 31.1 Å². The number of hydrogen-bond donors (Lipinski definition) is 0. The third kappa shape index (κ3) is 2.58. The smallest absolute Gasteiger partial charge is 0.239 e. The number of amides is 2. The van der Waals surface area contributed by atoms with Gasteiger partial charge in [0.2, 0.25) is 11.8 Å². The maximum atomic E-state index is 13.9. The molecule has 2 bridgehead atoms. The Kier molecular flexibility index (Phi) is 4.70. The van der Waals surface area contributed by atoms with Gasteiger partial charge in [-0.15, -0.1) is 0 Å². The molecule has 1 heterocycles. The Morgan fingerprint density at radius 2 is 1.50 bits per heavy atom. The van der Waals surface area contributed by atoms with E-state index in [-0.39, 0.29) is 17.7 Å². The van der Waals surface area contributed by atoms with Crippen LogP contribution in [-0.2, 0) is 19.8 Å². The summed E-state index contributed by atoms with van der Waals surface area (Å²) in [5, 5.41) is 0. The number of unbranched alkanes of at least 4 members (excludes halogenated alkanes) is 1. The summed E-state index contributed by atoms with van der Waals surface area (Å²) in [6.07, 6.45) is 2.91. The predicted octanol–water partition coefficient (Wildman–Crippen LogP) is 4.62. The van der Waals surface area contributed by atoms with Crippen LogP contribution < -0.4 is 9.64 Å². The van der Waals surface area contributed by atoms with E-state index in [4.69, 9.17) is 4.74 Å². The van der Waals surface area contributed by atoms with Crippen LogP contribution >= 0.6 is 0 Å². The zero-order valence-electron chi connectivity index (χ0n) is 18.9. The summed E-state index contributed by atoms with van der Waals surface area (Å²) >= 11 is 0. The largest absolute Gasteiger partial charge is 0.494 e. The highest BCUT2D eigenvalue weighted by Gasteiger charge is 2.68. The minimum Gasteiger partial charge on any atom is -0.494 e. The summed E-state index contributed by atoms with van der Waals surface area (Å²) in [7, 11) is 0. The molecule has 7 rings (SSSR count). The molecule has 2 atom stereocenters. The number of imide groups is 1. The van der Waals surface area contributed by atoms with Crippen molar-refractivity contribution >= 4 is 23.8 Å². The van der Waals surface area contributed by atoms with Crippen molar-refractivity contribution in [3.63, 3.8) is 0 Å². The minimum absolute atomic E-state index is 0.241. The van der Waals surface area contributed by atoms with E-state index in [0.29, 0.717) is 18.0 Å². The standard InChI is InChI=1S/C29H25NO4/c1-2-3-16-34-19-14-12-18(13-15-19)30-27(32)25-24-20-8-4-6-10-22(20)29(17-31,26(25)28(30)33)23-11-7-5-9-21(23)24/h4-15,17,24-26H,2-3,16H2,1H3/t24?,25-,26?,29?/m1/s1. The lowest BCUT2D eigenvalue weighted by Crippen LogP contribution is -2.54. The molecule has 3 aliphatic carbocycles. The summed E-state index contributed by atoms with van der Waals surface area (Å²) in [6.45, 7) is 2.73.